The molecule has 0 amide bonds. The molecule has 106 valence electrons. The molecule has 1 aromatic rings. The Kier molecular flexibility index (Phi) is 5.91. The minimum Gasteiger partial charge on any atom is -0.310 e. The quantitative estimate of drug-likeness (QED) is 0.781. The summed E-state index contributed by atoms with van der Waals surface area (Å²) < 4.78 is 0. The van der Waals surface area contributed by atoms with E-state index in [1.54, 1.807) is 0 Å². The Bertz CT molecular complexity index is 346. The van der Waals surface area contributed by atoms with E-state index < -0.39 is 0 Å². The Hall–Kier alpha value is -0.820. The van der Waals surface area contributed by atoms with Gasteiger partial charge >= 0.3 is 0 Å². The third kappa shape index (κ3) is 4.99. The van der Waals surface area contributed by atoms with Crippen molar-refractivity contribution in [3.05, 3.63) is 35.4 Å². The summed E-state index contributed by atoms with van der Waals surface area (Å²) in [4.78, 5) is 0. The van der Waals surface area contributed by atoms with Crippen molar-refractivity contribution in [2.45, 2.75) is 71.4 Å². The Labute approximate surface area is 118 Å². The van der Waals surface area contributed by atoms with E-state index in [0.717, 1.165) is 18.5 Å². The second kappa shape index (κ2) is 7.69. The average Bonchev–Trinajstić information content (AvgIpc) is 2.46. The van der Waals surface area contributed by atoms with Gasteiger partial charge in [0.2, 0.25) is 0 Å². The zero-order chi connectivity index (χ0) is 13.5. The maximum atomic E-state index is 3.72. The van der Waals surface area contributed by atoms with Crippen molar-refractivity contribution in [3.8, 4) is 0 Å². The van der Waals surface area contributed by atoms with Crippen LogP contribution in [0, 0.1) is 5.92 Å². The van der Waals surface area contributed by atoms with Crippen LogP contribution in [0.25, 0.3) is 0 Å². The van der Waals surface area contributed by atoms with Gasteiger partial charge in [0.1, 0.15) is 0 Å². The number of hydrogen-bond acceptors (Lipinski definition) is 1. The molecule has 0 spiro atoms. The number of benzene rings is 1. The van der Waals surface area contributed by atoms with Crippen LogP contribution in [-0.2, 0) is 13.0 Å². The Morgan fingerprint density at radius 2 is 1.63 bits per heavy atom. The molecule has 1 aromatic carbocycles. The second-order valence-electron chi connectivity index (χ2n) is 6.26. The molecule has 0 unspecified atom stereocenters. The van der Waals surface area contributed by atoms with Crippen LogP contribution in [-0.4, -0.2) is 6.04 Å². The van der Waals surface area contributed by atoms with Gasteiger partial charge in [-0.2, -0.15) is 0 Å². The summed E-state index contributed by atoms with van der Waals surface area (Å²) in [5.74, 6) is 0.941. The van der Waals surface area contributed by atoms with Crippen LogP contribution in [0.2, 0.25) is 0 Å². The van der Waals surface area contributed by atoms with Crippen molar-refractivity contribution in [3.63, 3.8) is 0 Å². The van der Waals surface area contributed by atoms with Crippen LogP contribution in [0.1, 0.15) is 63.5 Å². The molecule has 0 aliphatic heterocycles. The monoisotopic (exact) mass is 259 g/mol. The van der Waals surface area contributed by atoms with Gasteiger partial charge in [0.05, 0.1) is 0 Å². The van der Waals surface area contributed by atoms with Gasteiger partial charge in [0.15, 0.2) is 0 Å². The molecule has 1 aliphatic carbocycles. The molecule has 2 rings (SSSR count). The largest absolute Gasteiger partial charge is 0.310 e. The van der Waals surface area contributed by atoms with Crippen molar-refractivity contribution in [2.75, 3.05) is 0 Å². The fourth-order valence-corrected chi connectivity index (χ4v) is 2.93. The van der Waals surface area contributed by atoms with Gasteiger partial charge in [0.25, 0.3) is 0 Å². The predicted molar refractivity (Wildman–Crippen MR) is 83.3 cm³/mol. The fourth-order valence-electron chi connectivity index (χ4n) is 2.93. The number of nitrogens with one attached hydrogen (secondary N) is 1. The maximum absolute atomic E-state index is 3.72. The van der Waals surface area contributed by atoms with E-state index in [9.17, 15) is 0 Å². The van der Waals surface area contributed by atoms with Crippen molar-refractivity contribution < 1.29 is 0 Å². The molecule has 1 fully saturated rings. The third-order valence-electron chi connectivity index (χ3n) is 4.45. The molecule has 0 saturated heterocycles. The molecule has 19 heavy (non-hydrogen) atoms. The van der Waals surface area contributed by atoms with Crippen molar-refractivity contribution in [1.82, 2.24) is 5.32 Å². The molecule has 1 aliphatic rings. The van der Waals surface area contributed by atoms with E-state index in [2.05, 4.69) is 43.4 Å². The number of unbranched alkanes of at least 4 members (excludes halogenated alkanes) is 1. The highest BCUT2D eigenvalue weighted by atomic mass is 14.9. The first kappa shape index (κ1) is 14.6. The van der Waals surface area contributed by atoms with Gasteiger partial charge in [0, 0.05) is 12.6 Å². The fraction of sp³-hybridized carbons (Fsp3) is 0.667. The van der Waals surface area contributed by atoms with Gasteiger partial charge in [-0.15, -0.1) is 0 Å². The minimum atomic E-state index is 0.746. The number of aryl methyl sites for hydroxylation is 1. The maximum Gasteiger partial charge on any atom is 0.0208 e. The highest BCUT2D eigenvalue weighted by molar-refractivity contribution is 5.22. The van der Waals surface area contributed by atoms with Crippen LogP contribution in [0.4, 0.5) is 0 Å². The molecule has 1 heteroatoms. The lowest BCUT2D eigenvalue weighted by Gasteiger charge is -2.27. The Morgan fingerprint density at radius 1 is 1.00 bits per heavy atom. The van der Waals surface area contributed by atoms with Gasteiger partial charge in [-0.25, -0.2) is 0 Å². The molecule has 0 atom stereocenters. The van der Waals surface area contributed by atoms with E-state index >= 15 is 0 Å². The zero-order valence-corrected chi connectivity index (χ0v) is 12.6. The normalized spacial score (nSPS) is 23.5. The Morgan fingerprint density at radius 3 is 2.26 bits per heavy atom. The summed E-state index contributed by atoms with van der Waals surface area (Å²) in [6.45, 7) is 5.67. The lowest BCUT2D eigenvalue weighted by molar-refractivity contribution is 0.306. The topological polar surface area (TPSA) is 12.0 Å². The van der Waals surface area contributed by atoms with Crippen LogP contribution in [0.5, 0.6) is 0 Å². The zero-order valence-electron chi connectivity index (χ0n) is 12.6. The van der Waals surface area contributed by atoms with Gasteiger partial charge in [-0.3, -0.25) is 0 Å². The second-order valence-corrected chi connectivity index (χ2v) is 6.26. The molecule has 1 nitrogen and oxygen atoms in total. The van der Waals surface area contributed by atoms with Gasteiger partial charge in [-0.05, 0) is 55.6 Å². The standard InChI is InChI=1S/C18H29N/c1-3-4-5-16-8-10-17(11-9-16)14-19-18-12-6-15(2)7-13-18/h8-11,15,18-19H,3-7,12-14H2,1-2H3. The summed E-state index contributed by atoms with van der Waals surface area (Å²) in [5.41, 5.74) is 2.91. The minimum absolute atomic E-state index is 0.746. The summed E-state index contributed by atoms with van der Waals surface area (Å²) in [5, 5.41) is 3.72. The van der Waals surface area contributed by atoms with Crippen LogP contribution in [0.3, 0.4) is 0 Å². The molecule has 1 N–H and O–H groups in total. The first-order valence-electron chi connectivity index (χ1n) is 8.09. The highest BCUT2D eigenvalue weighted by Gasteiger charge is 2.17. The van der Waals surface area contributed by atoms with E-state index in [-0.39, 0.29) is 0 Å². The lowest BCUT2D eigenvalue weighted by Crippen LogP contribution is -2.32. The molecule has 0 heterocycles. The van der Waals surface area contributed by atoms with Crippen molar-refractivity contribution in [2.24, 2.45) is 5.92 Å². The van der Waals surface area contributed by atoms with Gasteiger partial charge in [-0.1, -0.05) is 44.5 Å². The predicted octanol–water partition coefficient (Wildman–Crippen LogP) is 4.70. The molecular formula is C18H29N. The van der Waals surface area contributed by atoms with Crippen LogP contribution in [0.15, 0.2) is 24.3 Å². The summed E-state index contributed by atoms with van der Waals surface area (Å²) in [6.07, 6.45) is 9.32. The summed E-state index contributed by atoms with van der Waals surface area (Å²) >= 11 is 0. The smallest absolute Gasteiger partial charge is 0.0208 e. The number of rotatable bonds is 6. The van der Waals surface area contributed by atoms with Crippen molar-refractivity contribution >= 4 is 0 Å². The molecule has 0 aromatic heterocycles. The van der Waals surface area contributed by atoms with Crippen molar-refractivity contribution in [1.29, 1.82) is 0 Å². The Balaban J connectivity index is 1.73. The first-order chi connectivity index (χ1) is 9.28. The van der Waals surface area contributed by atoms with Crippen LogP contribution < -0.4 is 5.32 Å². The highest BCUT2D eigenvalue weighted by Crippen LogP contribution is 2.23. The van der Waals surface area contributed by atoms with Gasteiger partial charge < -0.3 is 5.32 Å². The molecule has 0 radical (unpaired) electrons. The molecule has 1 saturated carbocycles. The molecular weight excluding hydrogens is 230 g/mol. The van der Waals surface area contributed by atoms with E-state index in [1.807, 2.05) is 0 Å². The molecule has 0 bridgehead atoms. The number of hydrogen-bond donors (Lipinski definition) is 1. The lowest BCUT2D eigenvalue weighted by atomic mass is 9.87. The van der Waals surface area contributed by atoms with Crippen LogP contribution >= 0.6 is 0 Å². The van der Waals surface area contributed by atoms with E-state index in [4.69, 9.17) is 0 Å². The van der Waals surface area contributed by atoms with E-state index in [0.29, 0.717) is 0 Å². The summed E-state index contributed by atoms with van der Waals surface area (Å²) in [6, 6.07) is 9.94. The third-order valence-corrected chi connectivity index (χ3v) is 4.45. The van der Waals surface area contributed by atoms with E-state index in [1.165, 1.54) is 56.1 Å². The summed E-state index contributed by atoms with van der Waals surface area (Å²) in [7, 11) is 0. The SMILES string of the molecule is CCCCc1ccc(CNC2CCC(C)CC2)cc1. The average molecular weight is 259 g/mol. The first-order valence-corrected chi connectivity index (χ1v) is 8.09.